The Morgan fingerprint density at radius 3 is 2.65 bits per heavy atom. The van der Waals surface area contributed by atoms with Crippen LogP contribution in [0.4, 0.5) is 0 Å². The van der Waals surface area contributed by atoms with Crippen molar-refractivity contribution in [1.82, 2.24) is 9.55 Å². The minimum atomic E-state index is -0.404. The van der Waals surface area contributed by atoms with Gasteiger partial charge < -0.3 is 0 Å². The Labute approximate surface area is 105 Å². The highest BCUT2D eigenvalue weighted by molar-refractivity contribution is 6.29. The molecule has 1 saturated carbocycles. The van der Waals surface area contributed by atoms with Gasteiger partial charge in [0.2, 0.25) is 0 Å². The zero-order valence-electron chi connectivity index (χ0n) is 9.75. The third-order valence-electron chi connectivity index (χ3n) is 3.47. The minimum Gasteiger partial charge on any atom is -0.298 e. The van der Waals surface area contributed by atoms with Crippen molar-refractivity contribution in [2.45, 2.75) is 45.1 Å². The number of aromatic amines is 1. The first-order valence-corrected chi connectivity index (χ1v) is 6.54. The Morgan fingerprint density at radius 2 is 2.00 bits per heavy atom. The number of nitrogens with zero attached hydrogens (tertiary/aromatic N) is 1. The second-order valence-electron chi connectivity index (χ2n) is 4.71. The van der Waals surface area contributed by atoms with Gasteiger partial charge in [0.05, 0.1) is 0 Å². The van der Waals surface area contributed by atoms with Crippen LogP contribution in [0.2, 0.25) is 5.15 Å². The Balaban J connectivity index is 2.03. The fourth-order valence-corrected chi connectivity index (χ4v) is 2.67. The molecule has 0 atom stereocenters. The van der Waals surface area contributed by atoms with E-state index in [2.05, 4.69) is 4.98 Å². The summed E-state index contributed by atoms with van der Waals surface area (Å²) in [6, 6.07) is 1.25. The Kier molecular flexibility index (Phi) is 4.05. The van der Waals surface area contributed by atoms with E-state index in [9.17, 15) is 9.59 Å². The molecule has 1 aliphatic rings. The molecule has 94 valence electrons. The molecule has 17 heavy (non-hydrogen) atoms. The number of aromatic nitrogens is 2. The van der Waals surface area contributed by atoms with Crippen LogP contribution >= 0.6 is 11.6 Å². The van der Waals surface area contributed by atoms with Crippen molar-refractivity contribution in [3.8, 4) is 0 Å². The summed E-state index contributed by atoms with van der Waals surface area (Å²) in [4.78, 5) is 25.6. The van der Waals surface area contributed by atoms with E-state index in [4.69, 9.17) is 11.6 Å². The van der Waals surface area contributed by atoms with E-state index in [1.807, 2.05) is 0 Å². The highest BCUT2D eigenvalue weighted by atomic mass is 35.5. The predicted molar refractivity (Wildman–Crippen MR) is 67.5 cm³/mol. The molecule has 1 aromatic rings. The summed E-state index contributed by atoms with van der Waals surface area (Å²) in [6.45, 7) is 0.496. The fourth-order valence-electron chi connectivity index (χ4n) is 2.49. The lowest BCUT2D eigenvalue weighted by atomic mass is 9.87. The van der Waals surface area contributed by atoms with Gasteiger partial charge in [-0.05, 0) is 12.3 Å². The van der Waals surface area contributed by atoms with Crippen LogP contribution in [0.25, 0.3) is 0 Å². The molecule has 0 spiro atoms. The van der Waals surface area contributed by atoms with Crippen molar-refractivity contribution < 1.29 is 0 Å². The lowest BCUT2D eigenvalue weighted by molar-refractivity contribution is 0.320. The molecule has 0 saturated heterocycles. The van der Waals surface area contributed by atoms with Crippen molar-refractivity contribution in [1.29, 1.82) is 0 Å². The van der Waals surface area contributed by atoms with Crippen LogP contribution in [0.1, 0.15) is 38.5 Å². The van der Waals surface area contributed by atoms with E-state index in [0.717, 1.165) is 6.42 Å². The third kappa shape index (κ3) is 3.22. The van der Waals surface area contributed by atoms with Gasteiger partial charge in [-0.1, -0.05) is 43.7 Å². The summed E-state index contributed by atoms with van der Waals surface area (Å²) in [7, 11) is 0. The van der Waals surface area contributed by atoms with E-state index < -0.39 is 5.69 Å². The SMILES string of the molecule is O=c1cc(Cl)[nH]c(=O)n1CCC1CCCCC1. The lowest BCUT2D eigenvalue weighted by Crippen LogP contribution is -2.35. The predicted octanol–water partition coefficient (Wildman–Crippen LogP) is 2.16. The standard InChI is InChI=1S/C12H17ClN2O2/c13-10-8-11(16)15(12(17)14-10)7-6-9-4-2-1-3-5-9/h8-9H,1-7H2,(H,14,17). The van der Waals surface area contributed by atoms with E-state index in [-0.39, 0.29) is 10.7 Å². The average Bonchev–Trinajstić information content (AvgIpc) is 2.29. The zero-order chi connectivity index (χ0) is 12.3. The van der Waals surface area contributed by atoms with Crippen LogP contribution < -0.4 is 11.2 Å². The van der Waals surface area contributed by atoms with Crippen LogP contribution in [0.15, 0.2) is 15.7 Å². The number of rotatable bonds is 3. The second kappa shape index (κ2) is 5.54. The zero-order valence-corrected chi connectivity index (χ0v) is 10.5. The maximum absolute atomic E-state index is 11.6. The topological polar surface area (TPSA) is 54.9 Å². The Morgan fingerprint density at radius 1 is 1.29 bits per heavy atom. The monoisotopic (exact) mass is 256 g/mol. The lowest BCUT2D eigenvalue weighted by Gasteiger charge is -2.21. The molecule has 1 aliphatic carbocycles. The van der Waals surface area contributed by atoms with Crippen molar-refractivity contribution in [2.75, 3.05) is 0 Å². The summed E-state index contributed by atoms with van der Waals surface area (Å²) >= 11 is 5.60. The van der Waals surface area contributed by atoms with Crippen LogP contribution in [0.3, 0.4) is 0 Å². The summed E-state index contributed by atoms with van der Waals surface area (Å²) in [5.74, 6) is 0.658. The highest BCUT2D eigenvalue weighted by Gasteiger charge is 2.14. The Hall–Kier alpha value is -1.03. The molecule has 0 unspecified atom stereocenters. The third-order valence-corrected chi connectivity index (χ3v) is 3.68. The molecule has 1 heterocycles. The van der Waals surface area contributed by atoms with E-state index in [1.165, 1.54) is 42.7 Å². The average molecular weight is 257 g/mol. The first-order valence-electron chi connectivity index (χ1n) is 6.16. The normalized spacial score (nSPS) is 17.2. The highest BCUT2D eigenvalue weighted by Crippen LogP contribution is 2.26. The van der Waals surface area contributed by atoms with Gasteiger partial charge in [-0.3, -0.25) is 14.3 Å². The number of H-pyrrole nitrogens is 1. The molecule has 0 amide bonds. The summed E-state index contributed by atoms with van der Waals surface area (Å²) in [5.41, 5.74) is -0.715. The molecular formula is C12H17ClN2O2. The molecule has 0 aromatic carbocycles. The molecule has 1 fully saturated rings. The molecule has 5 heteroatoms. The quantitative estimate of drug-likeness (QED) is 0.843. The van der Waals surface area contributed by atoms with Gasteiger partial charge in [0.15, 0.2) is 0 Å². The number of hydrogen-bond acceptors (Lipinski definition) is 2. The Bertz CT molecular complexity index is 455. The molecule has 0 bridgehead atoms. The number of nitrogens with one attached hydrogen (secondary N) is 1. The van der Waals surface area contributed by atoms with Gasteiger partial charge in [-0.2, -0.15) is 0 Å². The molecule has 0 radical (unpaired) electrons. The number of halogens is 1. The van der Waals surface area contributed by atoms with Gasteiger partial charge in [0.1, 0.15) is 5.15 Å². The molecule has 1 N–H and O–H groups in total. The second-order valence-corrected chi connectivity index (χ2v) is 5.11. The molecule has 4 nitrogen and oxygen atoms in total. The van der Waals surface area contributed by atoms with Crippen LogP contribution in [0, 0.1) is 5.92 Å². The largest absolute Gasteiger partial charge is 0.329 e. The summed E-state index contributed by atoms with van der Waals surface area (Å²) < 4.78 is 1.24. The summed E-state index contributed by atoms with van der Waals surface area (Å²) in [5, 5.41) is 0.105. The molecule has 1 aromatic heterocycles. The smallest absolute Gasteiger partial charge is 0.298 e. The van der Waals surface area contributed by atoms with Gasteiger partial charge in [-0.25, -0.2) is 4.79 Å². The van der Waals surface area contributed by atoms with Crippen molar-refractivity contribution >= 4 is 11.6 Å². The first-order chi connectivity index (χ1) is 8.16. The van der Waals surface area contributed by atoms with Crippen molar-refractivity contribution in [3.63, 3.8) is 0 Å². The minimum absolute atomic E-state index is 0.105. The van der Waals surface area contributed by atoms with Gasteiger partial charge in [0, 0.05) is 12.6 Å². The van der Waals surface area contributed by atoms with Gasteiger partial charge in [-0.15, -0.1) is 0 Å². The van der Waals surface area contributed by atoms with Crippen LogP contribution in [-0.4, -0.2) is 9.55 Å². The van der Waals surface area contributed by atoms with E-state index in [1.54, 1.807) is 0 Å². The molecular weight excluding hydrogens is 240 g/mol. The van der Waals surface area contributed by atoms with Crippen molar-refractivity contribution in [3.05, 3.63) is 32.1 Å². The van der Waals surface area contributed by atoms with Crippen LogP contribution in [0.5, 0.6) is 0 Å². The maximum atomic E-state index is 11.6. The van der Waals surface area contributed by atoms with E-state index in [0.29, 0.717) is 12.5 Å². The fraction of sp³-hybridized carbons (Fsp3) is 0.667. The van der Waals surface area contributed by atoms with Gasteiger partial charge >= 0.3 is 5.69 Å². The first kappa shape index (κ1) is 12.4. The van der Waals surface area contributed by atoms with Crippen LogP contribution in [-0.2, 0) is 6.54 Å². The molecule has 0 aliphatic heterocycles. The summed E-state index contributed by atoms with van der Waals surface area (Å²) in [6.07, 6.45) is 7.22. The van der Waals surface area contributed by atoms with E-state index >= 15 is 0 Å². The van der Waals surface area contributed by atoms with Crippen molar-refractivity contribution in [2.24, 2.45) is 5.92 Å². The maximum Gasteiger partial charge on any atom is 0.329 e. The number of hydrogen-bond donors (Lipinski definition) is 1. The van der Waals surface area contributed by atoms with Gasteiger partial charge in [0.25, 0.3) is 5.56 Å². The molecule has 2 rings (SSSR count).